The van der Waals surface area contributed by atoms with E-state index in [1.54, 1.807) is 0 Å². The molecule has 4 aliphatic rings. The van der Waals surface area contributed by atoms with Crippen molar-refractivity contribution in [1.29, 1.82) is 0 Å². The van der Waals surface area contributed by atoms with Crippen LogP contribution in [0.3, 0.4) is 0 Å². The van der Waals surface area contributed by atoms with Gasteiger partial charge < -0.3 is 55.5 Å². The summed E-state index contributed by atoms with van der Waals surface area (Å²) in [6, 6.07) is 84.7. The number of benzene rings is 6. The van der Waals surface area contributed by atoms with Gasteiger partial charge in [-0.15, -0.1) is 0 Å². The molecular weight excluding hydrogens is 1190 g/mol. The first kappa shape index (κ1) is 61.6. The number of hydrogen-bond acceptors (Lipinski definition) is 8. The first-order valence-electron chi connectivity index (χ1n) is 33.5. The van der Waals surface area contributed by atoms with E-state index in [0.29, 0.717) is 105 Å². The van der Waals surface area contributed by atoms with E-state index in [4.69, 9.17) is 37.9 Å². The van der Waals surface area contributed by atoms with Crippen LogP contribution < -0.4 is 18.9 Å². The molecule has 12 heterocycles. The van der Waals surface area contributed by atoms with E-state index >= 15 is 0 Å². The maximum Gasteiger partial charge on any atom is 0.119 e. The molecule has 14 aromatic rings. The maximum absolute atomic E-state index is 6.44. The van der Waals surface area contributed by atoms with Crippen LogP contribution in [-0.2, 0) is 44.6 Å². The minimum atomic E-state index is 0.401. The maximum atomic E-state index is 6.44. The lowest BCUT2D eigenvalue weighted by molar-refractivity contribution is 0.101. The third-order valence-corrected chi connectivity index (χ3v) is 18.1. The van der Waals surface area contributed by atoms with E-state index in [2.05, 4.69) is 237 Å². The molecule has 0 saturated heterocycles. The number of aromatic nitrogens is 4. The van der Waals surface area contributed by atoms with E-state index in [-0.39, 0.29) is 0 Å². The molecule has 18 rings (SSSR count). The molecule has 96 heavy (non-hydrogen) atoms. The molecule has 0 amide bonds. The Morgan fingerprint density at radius 2 is 0.406 bits per heavy atom. The first-order valence-corrected chi connectivity index (χ1v) is 33.5. The molecular formula is C84H76N4O8. The number of pyridine rings is 4. The zero-order valence-corrected chi connectivity index (χ0v) is 53.8. The molecule has 12 heteroatoms. The molecule has 0 N–H and O–H groups in total. The van der Waals surface area contributed by atoms with Crippen LogP contribution in [-0.4, -0.2) is 96.9 Å². The summed E-state index contributed by atoms with van der Waals surface area (Å²) in [5.41, 5.74) is 23.2. The largest absolute Gasteiger partial charge is 0.491 e. The van der Waals surface area contributed by atoms with Crippen LogP contribution in [0.25, 0.3) is 89.4 Å². The van der Waals surface area contributed by atoms with E-state index < -0.39 is 0 Å². The number of fused-ring (bicyclic) bond motifs is 4. The molecule has 0 unspecified atom stereocenters. The van der Waals surface area contributed by atoms with Crippen LogP contribution in [0.2, 0.25) is 0 Å². The Hall–Kier alpha value is -10.6. The Bertz CT molecular complexity index is 4270. The lowest BCUT2D eigenvalue weighted by Crippen LogP contribution is -2.10. The highest BCUT2D eigenvalue weighted by atomic mass is 16.5. The highest BCUT2D eigenvalue weighted by Gasteiger charge is 2.31. The third-order valence-electron chi connectivity index (χ3n) is 18.1. The summed E-state index contributed by atoms with van der Waals surface area (Å²) in [5, 5.41) is 0. The van der Waals surface area contributed by atoms with E-state index in [0.717, 1.165) is 90.1 Å². The summed E-state index contributed by atoms with van der Waals surface area (Å²) in [6.07, 6.45) is 11.5. The predicted molar refractivity (Wildman–Crippen MR) is 382 cm³/mol. The van der Waals surface area contributed by atoms with Gasteiger partial charge >= 0.3 is 0 Å². The van der Waals surface area contributed by atoms with Gasteiger partial charge in [-0.2, -0.15) is 0 Å². The quantitative estimate of drug-likeness (QED) is 0.172. The molecule has 0 spiro atoms. The second-order valence-corrected chi connectivity index (χ2v) is 23.9. The lowest BCUT2D eigenvalue weighted by Gasteiger charge is -2.14. The normalized spacial score (nSPS) is 14.6. The van der Waals surface area contributed by atoms with Crippen LogP contribution in [0.1, 0.15) is 22.3 Å². The van der Waals surface area contributed by atoms with E-state index in [1.165, 1.54) is 44.5 Å². The summed E-state index contributed by atoms with van der Waals surface area (Å²) in [4.78, 5) is 0. The van der Waals surface area contributed by atoms with Crippen molar-refractivity contribution in [3.8, 4) is 90.3 Å². The Morgan fingerprint density at radius 1 is 0.198 bits per heavy atom. The van der Waals surface area contributed by atoms with Crippen molar-refractivity contribution in [2.45, 2.75) is 25.7 Å². The molecule has 0 fully saturated rings. The summed E-state index contributed by atoms with van der Waals surface area (Å²) < 4.78 is 60.2. The van der Waals surface area contributed by atoms with Gasteiger partial charge in [0.2, 0.25) is 0 Å². The van der Waals surface area contributed by atoms with E-state index in [9.17, 15) is 0 Å². The van der Waals surface area contributed by atoms with Gasteiger partial charge in [-0.05, 0) is 167 Å². The minimum absolute atomic E-state index is 0.401. The van der Waals surface area contributed by atoms with Crippen LogP contribution in [0.5, 0.6) is 23.0 Å². The second-order valence-electron chi connectivity index (χ2n) is 23.9. The van der Waals surface area contributed by atoms with Gasteiger partial charge in [0.05, 0.1) is 75.6 Å². The van der Waals surface area contributed by atoms with Gasteiger partial charge in [0.25, 0.3) is 0 Å². The SMILES string of the molecule is c1ccc(-c2c3c4ccccn4c2-c2c(-c4ccccc4)c(c4ccccn24)CCOCCOc2ccc(cc2)OCCOCCc2c(-c4ccccc4)c(n4ccccc24)-c2c(-c4ccccc4)c(c4ccccn24)CCOCCOc2ccc(cc2)OCCOCC3)cc1. The number of ether oxygens (including phenoxy) is 8. The minimum Gasteiger partial charge on any atom is -0.491 e. The van der Waals surface area contributed by atoms with Crippen molar-refractivity contribution < 1.29 is 37.9 Å². The topological polar surface area (TPSA) is 91.5 Å². The molecule has 0 radical (unpaired) electrons. The molecule has 480 valence electrons. The van der Waals surface area contributed by atoms with Crippen molar-refractivity contribution in [2.24, 2.45) is 0 Å². The van der Waals surface area contributed by atoms with E-state index in [1.807, 2.05) is 48.5 Å². The summed E-state index contributed by atoms with van der Waals surface area (Å²) in [6.45, 7) is 5.35. The average molecular weight is 1270 g/mol. The zero-order chi connectivity index (χ0) is 64.2. The predicted octanol–water partition coefficient (Wildman–Crippen LogP) is 17.6. The van der Waals surface area contributed by atoms with Gasteiger partial charge in [0.1, 0.15) is 49.4 Å². The smallest absolute Gasteiger partial charge is 0.119 e. The standard InChI is InChI=1S/C84H76N4O8/c1-5-21-61(22-6-1)77-69-41-49-89-53-57-93-65-33-35-66(36-34-65)95-59-55-91-51-43-71-75-31-15-19-47-87(75)83(79(71)63-25-9-3-10-26-63)84-80(64-27-11-4-12-28-64)72(76-32-16-20-48-88(76)84)44-52-92-56-60-96-68-39-37-67(38-40-68)94-58-54-90-50-42-70-74-30-14-18-46-86(74)82(78(70)62-23-7-2-8-24-62)81(77)85-45-17-13-29-73(69)85/h1-40,45-48H,41-44,49-60H2. The fraction of sp³-hybridized carbons (Fsp3) is 0.190. The van der Waals surface area contributed by atoms with Crippen molar-refractivity contribution >= 4 is 22.1 Å². The Morgan fingerprint density at radius 3 is 0.625 bits per heavy atom. The summed E-state index contributed by atoms with van der Waals surface area (Å²) in [7, 11) is 0. The molecule has 0 aliphatic carbocycles. The van der Waals surface area contributed by atoms with Crippen LogP contribution in [0.15, 0.2) is 267 Å². The molecule has 12 nitrogen and oxygen atoms in total. The summed E-state index contributed by atoms with van der Waals surface area (Å²) >= 11 is 0. The van der Waals surface area contributed by atoms with Crippen LogP contribution >= 0.6 is 0 Å². The van der Waals surface area contributed by atoms with Gasteiger partial charge in [-0.25, -0.2) is 0 Å². The first-order chi connectivity index (χ1) is 47.7. The Kier molecular flexibility index (Phi) is 18.8. The van der Waals surface area contributed by atoms with Crippen LogP contribution in [0.4, 0.5) is 0 Å². The number of rotatable bonds is 4. The molecule has 0 atom stereocenters. The lowest BCUT2D eigenvalue weighted by atomic mass is 9.93. The van der Waals surface area contributed by atoms with Crippen molar-refractivity contribution in [3.05, 3.63) is 290 Å². The van der Waals surface area contributed by atoms with Crippen LogP contribution in [0, 0.1) is 0 Å². The monoisotopic (exact) mass is 1270 g/mol. The third kappa shape index (κ3) is 12.9. The number of hydrogen-bond donors (Lipinski definition) is 0. The molecule has 0 saturated carbocycles. The fourth-order valence-corrected chi connectivity index (χ4v) is 14.0. The second kappa shape index (κ2) is 29.4. The number of nitrogens with zero attached hydrogens (tertiary/aromatic N) is 4. The van der Waals surface area contributed by atoms with Gasteiger partial charge in [-0.1, -0.05) is 146 Å². The zero-order valence-electron chi connectivity index (χ0n) is 53.8. The molecule has 8 aromatic heterocycles. The van der Waals surface area contributed by atoms with Gasteiger partial charge in [-0.3, -0.25) is 0 Å². The average Bonchev–Trinajstić information content (AvgIpc) is 1.57. The fourth-order valence-electron chi connectivity index (χ4n) is 14.0. The van der Waals surface area contributed by atoms with Crippen molar-refractivity contribution in [3.63, 3.8) is 0 Å². The summed E-state index contributed by atoms with van der Waals surface area (Å²) in [5.74, 6) is 3.00. The Labute approximate surface area is 559 Å². The molecule has 6 aromatic carbocycles. The van der Waals surface area contributed by atoms with Crippen molar-refractivity contribution in [2.75, 3.05) is 79.3 Å². The van der Waals surface area contributed by atoms with Gasteiger partial charge in [0, 0.05) is 69.1 Å². The Balaban J connectivity index is 0.705. The highest BCUT2D eigenvalue weighted by molar-refractivity contribution is 6.00. The molecule has 12 bridgehead atoms. The highest BCUT2D eigenvalue weighted by Crippen LogP contribution is 2.49. The molecule has 4 aliphatic heterocycles. The van der Waals surface area contributed by atoms with Crippen molar-refractivity contribution in [1.82, 2.24) is 17.6 Å². The van der Waals surface area contributed by atoms with Gasteiger partial charge in [0.15, 0.2) is 0 Å².